The molecule has 0 aliphatic heterocycles. The molecule has 2 unspecified atom stereocenters. The fourth-order valence-electron chi connectivity index (χ4n) is 0.0680. The second kappa shape index (κ2) is 14.2. The van der Waals surface area contributed by atoms with Crippen LogP contribution in [0.25, 0.3) is 0 Å². The van der Waals surface area contributed by atoms with E-state index >= 15 is 0 Å². The van der Waals surface area contributed by atoms with E-state index in [4.69, 9.17) is 5.11 Å². The number of hydrogen-bond donors (Lipinski definition) is 1. The Morgan fingerprint density at radius 2 is 1.67 bits per heavy atom. The molecule has 0 aromatic carbocycles. The molecule has 2 atom stereocenters. The molecular weight excluding hydrogens is 300 g/mol. The Balaban J connectivity index is -0.000000142. The summed E-state index contributed by atoms with van der Waals surface area (Å²) in [5.74, 6) is 0. The summed E-state index contributed by atoms with van der Waals surface area (Å²) in [6.45, 7) is 3.31. The molecule has 0 aliphatic carbocycles. The second-order valence-corrected chi connectivity index (χ2v) is 2.89. The van der Waals surface area contributed by atoms with E-state index in [9.17, 15) is 18.9 Å². The molecule has 0 heterocycles. The normalized spacial score (nSPS) is 12.9. The van der Waals surface area contributed by atoms with Crippen LogP contribution in [-0.2, 0) is 33.9 Å². The third kappa shape index (κ3) is 31.0. The van der Waals surface area contributed by atoms with Gasteiger partial charge < -0.3 is 24.0 Å². The number of aliphatic hydroxyl groups is 1. The first-order valence-electron chi connectivity index (χ1n) is 2.36. The average Bonchev–Trinajstić information content (AvgIpc) is 1.85. The van der Waals surface area contributed by atoms with Crippen LogP contribution in [-0.4, -0.2) is 11.7 Å². The molecule has 0 saturated carbocycles. The summed E-state index contributed by atoms with van der Waals surface area (Å²) in [5.41, 5.74) is 0. The predicted octanol–water partition coefficient (Wildman–Crippen LogP) is -1.33. The summed E-state index contributed by atoms with van der Waals surface area (Å²) < 4.78 is 21.8. The molecule has 12 heavy (non-hydrogen) atoms. The number of hydrogen-bond acceptors (Lipinski definition) is 6. The molecule has 0 rings (SSSR count). The molecule has 6 nitrogen and oxygen atoms in total. The third-order valence-electron chi connectivity index (χ3n) is 0.296. The summed E-state index contributed by atoms with van der Waals surface area (Å²) in [6.07, 6.45) is 1.43. The minimum Gasteiger partial charge on any atom is -0.781 e. The summed E-state index contributed by atoms with van der Waals surface area (Å²) in [7, 11) is -7.03. The molecule has 0 amide bonds. The van der Waals surface area contributed by atoms with Gasteiger partial charge in [0, 0.05) is 0 Å². The van der Waals surface area contributed by atoms with Gasteiger partial charge in [0.15, 0.2) is 0 Å². The zero-order chi connectivity index (χ0) is 9.28. The molecule has 0 aliphatic rings. The Morgan fingerprint density at radius 1 is 1.42 bits per heavy atom. The molecule has 9 heteroatoms. The van der Waals surface area contributed by atoms with Crippen LogP contribution in [0.15, 0.2) is 12.7 Å². The zero-order valence-corrected chi connectivity index (χ0v) is 9.35. The van der Waals surface area contributed by atoms with Crippen molar-refractivity contribution in [3.63, 3.8) is 0 Å². The van der Waals surface area contributed by atoms with Crippen LogP contribution in [0.5, 0.6) is 0 Å². The summed E-state index contributed by atoms with van der Waals surface area (Å²) in [4.78, 5) is 18.6. The van der Waals surface area contributed by atoms with E-state index in [2.05, 4.69) is 10.9 Å². The van der Waals surface area contributed by atoms with Gasteiger partial charge in [0.1, 0.15) is 16.5 Å². The molecule has 0 fully saturated rings. The van der Waals surface area contributed by atoms with Crippen LogP contribution >= 0.6 is 16.5 Å². The smallest absolute Gasteiger partial charge is 0.781 e. The molecule has 1 N–H and O–H groups in total. The maximum Gasteiger partial charge on any atom is 2.00 e. The van der Waals surface area contributed by atoms with Crippen LogP contribution in [0.4, 0.5) is 0 Å². The molecule has 0 saturated heterocycles. The maximum absolute atomic E-state index is 9.29. The van der Waals surface area contributed by atoms with Gasteiger partial charge in [-0.05, 0) is 0 Å². The first-order valence-corrected chi connectivity index (χ1v) is 4.81. The van der Waals surface area contributed by atoms with Crippen LogP contribution < -0.4 is 9.79 Å². The van der Waals surface area contributed by atoms with Crippen molar-refractivity contribution in [1.82, 2.24) is 0 Å². The van der Waals surface area contributed by atoms with E-state index in [1.807, 2.05) is 0 Å². The Morgan fingerprint density at radius 3 is 1.67 bits per heavy atom. The third-order valence-corrected chi connectivity index (χ3v) is 1.63. The predicted molar refractivity (Wildman–Crippen MR) is 36.4 cm³/mol. The van der Waals surface area contributed by atoms with E-state index < -0.39 is 16.5 Å². The van der Waals surface area contributed by atoms with Crippen LogP contribution in [0.1, 0.15) is 0 Å². The Kier molecular flexibility index (Phi) is 21.9. The topological polar surface area (TPSA) is 110 Å². The van der Waals surface area contributed by atoms with Crippen molar-refractivity contribution in [3.8, 4) is 0 Å². The molecule has 76 valence electrons. The van der Waals surface area contributed by atoms with Gasteiger partial charge in [-0.2, -0.15) is 0 Å². The van der Waals surface area contributed by atoms with Gasteiger partial charge in [-0.15, -0.1) is 6.58 Å². The van der Waals surface area contributed by atoms with Crippen molar-refractivity contribution in [3.05, 3.63) is 12.7 Å². The van der Waals surface area contributed by atoms with Crippen molar-refractivity contribution < 1.29 is 48.8 Å². The van der Waals surface area contributed by atoms with Crippen molar-refractivity contribution in [2.24, 2.45) is 0 Å². The Hall–Kier alpha value is 0.702. The quantitative estimate of drug-likeness (QED) is 0.393. The molecule has 0 aromatic heterocycles. The van der Waals surface area contributed by atoms with E-state index in [-0.39, 0.29) is 27.0 Å². The monoisotopic (exact) mass is 308 g/mol. The van der Waals surface area contributed by atoms with Crippen molar-refractivity contribution in [2.75, 3.05) is 6.61 Å². The fraction of sp³-hybridized carbons (Fsp3) is 0.333. The fourth-order valence-corrected chi connectivity index (χ4v) is 0.612. The maximum atomic E-state index is 9.29. The van der Waals surface area contributed by atoms with Gasteiger partial charge in [-0.3, -0.25) is 4.31 Å². The number of aliphatic hydroxyl groups excluding tert-OH is 1. The van der Waals surface area contributed by atoms with Gasteiger partial charge >= 0.3 is 20.4 Å². The van der Waals surface area contributed by atoms with Gasteiger partial charge in [0.2, 0.25) is 0 Å². The standard InChI is InChI=1S/C3H6O.H4O5P2.Pd/c1-2-3-4;1-6(2)5-7(3)4;/h2,4H,1,3H2;6-7H,(H,1,2)(H,3,4);/q;;+2/p-2. The van der Waals surface area contributed by atoms with E-state index in [1.54, 1.807) is 0 Å². The molecular formula is C3H8O6P2Pd. The summed E-state index contributed by atoms with van der Waals surface area (Å²) >= 11 is 0. The summed E-state index contributed by atoms with van der Waals surface area (Å²) in [6, 6.07) is 0. The minimum absolute atomic E-state index is 0. The van der Waals surface area contributed by atoms with E-state index in [1.165, 1.54) is 6.08 Å². The molecule has 0 aromatic rings. The van der Waals surface area contributed by atoms with Gasteiger partial charge in [-0.25, -0.2) is 0 Å². The van der Waals surface area contributed by atoms with Crippen LogP contribution in [0.3, 0.4) is 0 Å². The van der Waals surface area contributed by atoms with E-state index in [0.717, 1.165) is 0 Å². The van der Waals surface area contributed by atoms with Gasteiger partial charge in [-0.1, -0.05) is 6.08 Å². The second-order valence-electron chi connectivity index (χ2n) is 1.07. The zero-order valence-electron chi connectivity index (χ0n) is 5.80. The molecule has 0 radical (unpaired) electrons. The minimum atomic E-state index is -3.51. The first kappa shape index (κ1) is 18.5. The largest absolute Gasteiger partial charge is 2.00 e. The average molecular weight is 308 g/mol. The molecule has 0 spiro atoms. The van der Waals surface area contributed by atoms with Crippen molar-refractivity contribution in [1.29, 1.82) is 0 Å². The first-order chi connectivity index (χ1) is 5.04. The van der Waals surface area contributed by atoms with Crippen molar-refractivity contribution in [2.45, 2.75) is 0 Å². The molecule has 0 bridgehead atoms. The summed E-state index contributed by atoms with van der Waals surface area (Å²) in [5, 5.41) is 7.76. The Labute approximate surface area is 84.8 Å². The van der Waals surface area contributed by atoms with E-state index in [0.29, 0.717) is 0 Å². The van der Waals surface area contributed by atoms with Gasteiger partial charge in [0.25, 0.3) is 0 Å². The number of rotatable bonds is 3. The van der Waals surface area contributed by atoms with Crippen LogP contribution in [0.2, 0.25) is 0 Å². The van der Waals surface area contributed by atoms with Crippen LogP contribution in [0, 0.1) is 0 Å². The Bertz CT molecular complexity index is 138. The van der Waals surface area contributed by atoms with Gasteiger partial charge in [0.05, 0.1) is 6.61 Å². The van der Waals surface area contributed by atoms with Crippen molar-refractivity contribution >= 4 is 16.5 Å². The SMILES string of the molecule is C=CCO.O=[PH]([O-])O[PH](=O)[O-].[Pd+2].